The third-order valence-corrected chi connectivity index (χ3v) is 7.95. The molecule has 1 heterocycles. The Hall–Kier alpha value is -3.30. The summed E-state index contributed by atoms with van der Waals surface area (Å²) in [7, 11) is 0. The lowest BCUT2D eigenvalue weighted by atomic mass is 9.71. The van der Waals surface area contributed by atoms with Gasteiger partial charge in [-0.25, -0.2) is 4.79 Å². The highest BCUT2D eigenvalue weighted by molar-refractivity contribution is 6.74. The molecule has 1 aliphatic carbocycles. The van der Waals surface area contributed by atoms with E-state index in [1.807, 2.05) is 48.5 Å². The van der Waals surface area contributed by atoms with Crippen LogP contribution in [0.25, 0.3) is 11.1 Å². The second-order valence-electron chi connectivity index (χ2n) is 10.2. The Balaban J connectivity index is 1.41. The fourth-order valence-corrected chi connectivity index (χ4v) is 6.04. The van der Waals surface area contributed by atoms with Gasteiger partial charge in [0.25, 0.3) is 0 Å². The topological polar surface area (TPSA) is 53.6 Å². The van der Waals surface area contributed by atoms with Crippen molar-refractivity contribution in [2.45, 2.75) is 33.2 Å². The molecule has 0 radical (unpaired) electrons. The highest BCUT2D eigenvalue weighted by Gasteiger charge is 2.34. The number of hydrogen-bond acceptors (Lipinski definition) is 4. The number of hydrogen-bond donors (Lipinski definition) is 2. The van der Waals surface area contributed by atoms with Gasteiger partial charge in [-0.05, 0) is 54.2 Å². The van der Waals surface area contributed by atoms with E-state index in [2.05, 4.69) is 15.5 Å². The van der Waals surface area contributed by atoms with Crippen LogP contribution in [-0.4, -0.2) is 50.8 Å². The first kappa shape index (κ1) is 26.3. The predicted molar refractivity (Wildman–Crippen MR) is 146 cm³/mol. The van der Waals surface area contributed by atoms with E-state index in [1.54, 1.807) is 13.8 Å². The van der Waals surface area contributed by atoms with Crippen LogP contribution in [0, 0.1) is 20.8 Å². The van der Waals surface area contributed by atoms with Crippen molar-refractivity contribution in [1.82, 2.24) is 10.2 Å². The molecule has 1 amide bonds. The highest BCUT2D eigenvalue weighted by atomic mass is 19.4. The maximum absolute atomic E-state index is 14.2. The van der Waals surface area contributed by atoms with E-state index >= 15 is 0 Å². The van der Waals surface area contributed by atoms with Gasteiger partial charge in [-0.15, -0.1) is 5.46 Å². The van der Waals surface area contributed by atoms with Gasteiger partial charge in [0.1, 0.15) is 6.61 Å². The van der Waals surface area contributed by atoms with Crippen molar-refractivity contribution < 1.29 is 22.5 Å². The first-order chi connectivity index (χ1) is 18.2. The van der Waals surface area contributed by atoms with E-state index in [1.165, 1.54) is 6.92 Å². The van der Waals surface area contributed by atoms with Crippen molar-refractivity contribution in [3.05, 3.63) is 81.9 Å². The third kappa shape index (κ3) is 4.92. The molecule has 0 bridgehead atoms. The van der Waals surface area contributed by atoms with Crippen molar-refractivity contribution in [3.63, 3.8) is 0 Å². The van der Waals surface area contributed by atoms with Gasteiger partial charge >= 0.3 is 13.1 Å². The van der Waals surface area contributed by atoms with E-state index in [0.717, 1.165) is 48.4 Å². The molecule has 3 aromatic rings. The molecule has 0 saturated carbocycles. The number of ether oxygens (including phenoxy) is 1. The Morgan fingerprint density at radius 1 is 0.947 bits per heavy atom. The second kappa shape index (κ2) is 10.5. The van der Waals surface area contributed by atoms with Crippen LogP contribution in [0.15, 0.2) is 48.5 Å². The minimum absolute atomic E-state index is 0.0325. The Labute approximate surface area is 221 Å². The van der Waals surface area contributed by atoms with Crippen LogP contribution in [0.3, 0.4) is 0 Å². The number of amides is 1. The summed E-state index contributed by atoms with van der Waals surface area (Å²) >= 11 is 0. The van der Waals surface area contributed by atoms with Crippen LogP contribution < -0.4 is 16.1 Å². The number of benzene rings is 3. The summed E-state index contributed by atoms with van der Waals surface area (Å²) in [6, 6.07) is 16.0. The molecule has 0 atom stereocenters. The maximum Gasteiger partial charge on any atom is 0.510 e. The fraction of sp³-hybridized carbons (Fsp3) is 0.345. The summed E-state index contributed by atoms with van der Waals surface area (Å²) in [4.78, 5) is 15.2. The number of carbonyl (C=O) groups is 1. The molecule has 38 heavy (non-hydrogen) atoms. The Morgan fingerprint density at radius 3 is 2.11 bits per heavy atom. The standard InChI is InChI=1S/C29H32BF3N3O2/c1-18-25(16-36-14-12-34-13-15-36)19(2)28(20(3)27(18)30(31,32)33)35-29(37)38-17-26-23-10-6-4-8-21(23)22-9-5-7-11-24(22)26/h4-11,26,34H,12-17H2,1-3H3,(H,35,37)/q-1. The fourth-order valence-electron chi connectivity index (χ4n) is 6.04. The van der Waals surface area contributed by atoms with Crippen LogP contribution in [0.1, 0.15) is 39.3 Å². The summed E-state index contributed by atoms with van der Waals surface area (Å²) in [5.41, 5.74) is 5.45. The van der Waals surface area contributed by atoms with Gasteiger partial charge in [0.15, 0.2) is 0 Å². The smallest absolute Gasteiger partial charge is 0.448 e. The number of anilines is 1. The molecule has 1 aliphatic heterocycles. The molecular formula is C29H32BF3N3O2-. The summed E-state index contributed by atoms with van der Waals surface area (Å²) < 4.78 is 48.4. The molecule has 5 nitrogen and oxygen atoms in total. The molecule has 9 heteroatoms. The van der Waals surface area contributed by atoms with Gasteiger partial charge in [-0.2, -0.15) is 0 Å². The van der Waals surface area contributed by atoms with E-state index in [4.69, 9.17) is 4.74 Å². The molecule has 3 aromatic carbocycles. The van der Waals surface area contributed by atoms with Crippen LogP contribution in [0.4, 0.5) is 23.4 Å². The summed E-state index contributed by atoms with van der Waals surface area (Å²) in [6.45, 7) is 3.08. The predicted octanol–water partition coefficient (Wildman–Crippen LogP) is 5.43. The van der Waals surface area contributed by atoms with E-state index < -0.39 is 18.5 Å². The van der Waals surface area contributed by atoms with Crippen molar-refractivity contribution >= 4 is 24.2 Å². The Bertz CT molecular complexity index is 1320. The van der Waals surface area contributed by atoms with Gasteiger partial charge in [0.2, 0.25) is 0 Å². The van der Waals surface area contributed by atoms with E-state index in [0.29, 0.717) is 17.7 Å². The van der Waals surface area contributed by atoms with E-state index in [9.17, 15) is 17.7 Å². The van der Waals surface area contributed by atoms with Crippen LogP contribution in [0.2, 0.25) is 0 Å². The van der Waals surface area contributed by atoms with Crippen molar-refractivity contribution in [3.8, 4) is 11.1 Å². The summed E-state index contributed by atoms with van der Waals surface area (Å²) in [6.07, 6.45) is -0.754. The number of nitrogens with one attached hydrogen (secondary N) is 2. The number of halogens is 3. The van der Waals surface area contributed by atoms with Gasteiger partial charge in [0.05, 0.1) is 0 Å². The average Bonchev–Trinajstić information content (AvgIpc) is 3.21. The van der Waals surface area contributed by atoms with E-state index in [-0.39, 0.29) is 29.3 Å². The number of rotatable bonds is 6. The van der Waals surface area contributed by atoms with Gasteiger partial charge in [-0.3, -0.25) is 10.2 Å². The summed E-state index contributed by atoms with van der Waals surface area (Å²) in [5.74, 6) is -0.134. The molecule has 200 valence electrons. The first-order valence-corrected chi connectivity index (χ1v) is 13.0. The Morgan fingerprint density at radius 2 is 1.53 bits per heavy atom. The highest BCUT2D eigenvalue weighted by Crippen LogP contribution is 2.44. The van der Waals surface area contributed by atoms with Gasteiger partial charge in [0, 0.05) is 44.3 Å². The molecular weight excluding hydrogens is 490 g/mol. The molecule has 2 aliphatic rings. The van der Waals surface area contributed by atoms with Crippen LogP contribution >= 0.6 is 0 Å². The molecule has 0 aromatic heterocycles. The van der Waals surface area contributed by atoms with Gasteiger partial charge in [-0.1, -0.05) is 59.7 Å². The number of fused-ring (bicyclic) bond motifs is 3. The van der Waals surface area contributed by atoms with Crippen molar-refractivity contribution in [2.24, 2.45) is 0 Å². The molecule has 1 saturated heterocycles. The zero-order valence-corrected chi connectivity index (χ0v) is 21.9. The Kier molecular flexibility index (Phi) is 7.24. The number of piperazine rings is 1. The number of nitrogens with zero attached hydrogens (tertiary/aromatic N) is 1. The molecule has 1 fully saturated rings. The SMILES string of the molecule is Cc1c(CN2CCNCC2)c(C)c([B-](F)(F)F)c(C)c1NC(=O)OCC1c2ccccc2-c2ccccc21. The molecule has 5 rings (SSSR count). The lowest BCUT2D eigenvalue weighted by Gasteiger charge is -2.32. The summed E-state index contributed by atoms with van der Waals surface area (Å²) in [5, 5.41) is 5.96. The molecule has 0 unspecified atom stereocenters. The normalized spacial score (nSPS) is 15.7. The quantitative estimate of drug-likeness (QED) is 0.424. The average molecular weight is 522 g/mol. The van der Waals surface area contributed by atoms with Crippen LogP contribution in [0.5, 0.6) is 0 Å². The maximum atomic E-state index is 14.2. The third-order valence-electron chi connectivity index (χ3n) is 7.95. The first-order valence-electron chi connectivity index (χ1n) is 13.0. The van der Waals surface area contributed by atoms with Crippen LogP contribution in [-0.2, 0) is 11.3 Å². The minimum Gasteiger partial charge on any atom is -0.448 e. The number of carbonyl (C=O) groups excluding carboxylic acids is 1. The molecule has 2 N–H and O–H groups in total. The van der Waals surface area contributed by atoms with Crippen molar-refractivity contribution in [1.29, 1.82) is 0 Å². The van der Waals surface area contributed by atoms with Crippen molar-refractivity contribution in [2.75, 3.05) is 38.1 Å². The zero-order chi connectivity index (χ0) is 27.0. The second-order valence-corrected chi connectivity index (χ2v) is 10.2. The zero-order valence-electron chi connectivity index (χ0n) is 21.9. The monoisotopic (exact) mass is 522 g/mol. The van der Waals surface area contributed by atoms with Gasteiger partial charge < -0.3 is 23.0 Å². The minimum atomic E-state index is -5.27. The molecule has 0 spiro atoms. The lowest BCUT2D eigenvalue weighted by molar-refractivity contribution is 0.158. The largest absolute Gasteiger partial charge is 0.510 e. The lowest BCUT2D eigenvalue weighted by Crippen LogP contribution is -2.44.